The Balaban J connectivity index is 2.26. The monoisotopic (exact) mass is 244 g/mol. The summed E-state index contributed by atoms with van der Waals surface area (Å²) in [5, 5.41) is 0. The average Bonchev–Trinajstić information content (AvgIpc) is 2.36. The lowest BCUT2D eigenvalue weighted by molar-refractivity contribution is -0.146. The van der Waals surface area contributed by atoms with Crippen LogP contribution in [0.1, 0.15) is 5.56 Å². The first-order chi connectivity index (χ1) is 8.17. The van der Waals surface area contributed by atoms with Gasteiger partial charge in [0, 0.05) is 25.7 Å². The van der Waals surface area contributed by atoms with E-state index < -0.39 is 17.9 Å². The fourth-order valence-electron chi connectivity index (χ4n) is 2.09. The Morgan fingerprint density at radius 3 is 2.53 bits per heavy atom. The summed E-state index contributed by atoms with van der Waals surface area (Å²) >= 11 is 0. The van der Waals surface area contributed by atoms with Gasteiger partial charge in [-0.15, -0.1) is 0 Å². The summed E-state index contributed by atoms with van der Waals surface area (Å²) < 4.78 is 42.4. The lowest BCUT2D eigenvalue weighted by atomic mass is 9.95. The molecular formula is C12H14F2O3. The Morgan fingerprint density at radius 1 is 1.24 bits per heavy atom. The van der Waals surface area contributed by atoms with Gasteiger partial charge in [0.2, 0.25) is 0 Å². The van der Waals surface area contributed by atoms with Gasteiger partial charge in [-0.3, -0.25) is 0 Å². The summed E-state index contributed by atoms with van der Waals surface area (Å²) in [4.78, 5) is 0. The Hall–Kier alpha value is -1.20. The second-order valence-corrected chi connectivity index (χ2v) is 3.95. The largest absolute Gasteiger partial charge is 0.490 e. The van der Waals surface area contributed by atoms with Gasteiger partial charge in [0.1, 0.15) is 5.82 Å². The highest BCUT2D eigenvalue weighted by Gasteiger charge is 2.31. The minimum absolute atomic E-state index is 0.00667. The number of hydrogen-bond donors (Lipinski definition) is 0. The van der Waals surface area contributed by atoms with E-state index in [4.69, 9.17) is 14.2 Å². The van der Waals surface area contributed by atoms with Crippen LogP contribution in [0.15, 0.2) is 12.1 Å². The molecular weight excluding hydrogens is 230 g/mol. The zero-order valence-corrected chi connectivity index (χ0v) is 9.70. The SMILES string of the molecule is COC(OC)C1COc2c(F)ccc(F)c2C1. The summed E-state index contributed by atoms with van der Waals surface area (Å²) in [6.45, 7) is 0.250. The molecule has 1 aromatic rings. The Morgan fingerprint density at radius 2 is 1.88 bits per heavy atom. The van der Waals surface area contributed by atoms with Crippen molar-refractivity contribution < 1.29 is 23.0 Å². The van der Waals surface area contributed by atoms with Gasteiger partial charge in [0.25, 0.3) is 0 Å². The molecule has 0 aromatic heterocycles. The molecule has 0 aliphatic carbocycles. The van der Waals surface area contributed by atoms with Crippen LogP contribution in [0, 0.1) is 17.6 Å². The van der Waals surface area contributed by atoms with Crippen molar-refractivity contribution >= 4 is 0 Å². The number of ether oxygens (including phenoxy) is 3. The van der Waals surface area contributed by atoms with E-state index in [-0.39, 0.29) is 23.8 Å². The molecule has 0 fully saturated rings. The number of methoxy groups -OCH3 is 2. The Labute approximate surface area is 98.3 Å². The highest BCUT2D eigenvalue weighted by molar-refractivity contribution is 5.38. The average molecular weight is 244 g/mol. The van der Waals surface area contributed by atoms with Gasteiger partial charge in [-0.2, -0.15) is 0 Å². The van der Waals surface area contributed by atoms with Crippen molar-refractivity contribution in [2.75, 3.05) is 20.8 Å². The van der Waals surface area contributed by atoms with E-state index in [2.05, 4.69) is 0 Å². The van der Waals surface area contributed by atoms with E-state index in [0.717, 1.165) is 12.1 Å². The minimum atomic E-state index is -0.536. The van der Waals surface area contributed by atoms with E-state index >= 15 is 0 Å². The summed E-state index contributed by atoms with van der Waals surface area (Å²) in [5.41, 5.74) is 0.250. The third kappa shape index (κ3) is 2.25. The van der Waals surface area contributed by atoms with Crippen LogP contribution in [0.4, 0.5) is 8.78 Å². The predicted octanol–water partition coefficient (Wildman–Crippen LogP) is 2.13. The smallest absolute Gasteiger partial charge is 0.165 e. The molecule has 0 radical (unpaired) electrons. The van der Waals surface area contributed by atoms with Gasteiger partial charge in [0.05, 0.1) is 6.61 Å². The second kappa shape index (κ2) is 4.98. The van der Waals surface area contributed by atoms with Gasteiger partial charge in [0.15, 0.2) is 17.9 Å². The topological polar surface area (TPSA) is 27.7 Å². The summed E-state index contributed by atoms with van der Waals surface area (Å²) in [6, 6.07) is 2.17. The molecule has 0 N–H and O–H groups in total. The molecule has 0 saturated heterocycles. The van der Waals surface area contributed by atoms with Gasteiger partial charge >= 0.3 is 0 Å². The molecule has 94 valence electrons. The molecule has 0 amide bonds. The lowest BCUT2D eigenvalue weighted by Gasteiger charge is -2.30. The van der Waals surface area contributed by atoms with Gasteiger partial charge in [-0.25, -0.2) is 8.78 Å². The third-order valence-corrected chi connectivity index (χ3v) is 2.91. The molecule has 1 aliphatic heterocycles. The molecule has 1 atom stereocenters. The minimum Gasteiger partial charge on any atom is -0.490 e. The Bertz CT molecular complexity index is 405. The van der Waals surface area contributed by atoms with Crippen molar-refractivity contribution in [3.8, 4) is 5.75 Å². The van der Waals surface area contributed by atoms with Crippen molar-refractivity contribution in [3.63, 3.8) is 0 Å². The maximum Gasteiger partial charge on any atom is 0.165 e. The van der Waals surface area contributed by atoms with Crippen LogP contribution in [-0.2, 0) is 15.9 Å². The molecule has 3 nitrogen and oxygen atoms in total. The maximum atomic E-state index is 13.6. The van der Waals surface area contributed by atoms with Crippen LogP contribution in [0.25, 0.3) is 0 Å². The fraction of sp³-hybridized carbons (Fsp3) is 0.500. The van der Waals surface area contributed by atoms with Gasteiger partial charge in [-0.05, 0) is 18.6 Å². The van der Waals surface area contributed by atoms with Gasteiger partial charge < -0.3 is 14.2 Å². The van der Waals surface area contributed by atoms with Crippen molar-refractivity contribution in [3.05, 3.63) is 29.3 Å². The van der Waals surface area contributed by atoms with Crippen molar-refractivity contribution in [2.24, 2.45) is 5.92 Å². The van der Waals surface area contributed by atoms with Crippen LogP contribution in [0.2, 0.25) is 0 Å². The van der Waals surface area contributed by atoms with Crippen LogP contribution in [0.3, 0.4) is 0 Å². The molecule has 17 heavy (non-hydrogen) atoms. The number of hydrogen-bond acceptors (Lipinski definition) is 3. The quantitative estimate of drug-likeness (QED) is 0.762. The predicted molar refractivity (Wildman–Crippen MR) is 56.9 cm³/mol. The number of halogens is 2. The van der Waals surface area contributed by atoms with E-state index in [9.17, 15) is 8.78 Å². The zero-order valence-electron chi connectivity index (χ0n) is 9.70. The molecule has 0 spiro atoms. The highest BCUT2D eigenvalue weighted by atomic mass is 19.1. The fourth-order valence-corrected chi connectivity index (χ4v) is 2.09. The van der Waals surface area contributed by atoms with Crippen LogP contribution in [-0.4, -0.2) is 27.1 Å². The van der Waals surface area contributed by atoms with Crippen molar-refractivity contribution in [1.29, 1.82) is 0 Å². The first-order valence-electron chi connectivity index (χ1n) is 5.32. The molecule has 5 heteroatoms. The number of benzene rings is 1. The van der Waals surface area contributed by atoms with Crippen LogP contribution >= 0.6 is 0 Å². The molecule has 1 aliphatic rings. The van der Waals surface area contributed by atoms with Crippen LogP contribution < -0.4 is 4.74 Å². The first-order valence-corrected chi connectivity index (χ1v) is 5.32. The Kier molecular flexibility index (Phi) is 3.59. The highest BCUT2D eigenvalue weighted by Crippen LogP contribution is 2.33. The summed E-state index contributed by atoms with van der Waals surface area (Å²) in [6.07, 6.45) is -0.142. The molecule has 2 rings (SSSR count). The lowest BCUT2D eigenvalue weighted by Crippen LogP contribution is -2.34. The van der Waals surface area contributed by atoms with Crippen LogP contribution in [0.5, 0.6) is 5.75 Å². The zero-order chi connectivity index (χ0) is 12.4. The second-order valence-electron chi connectivity index (χ2n) is 3.95. The summed E-state index contributed by atoms with van der Waals surface area (Å²) in [5.74, 6) is -1.13. The van der Waals surface area contributed by atoms with Crippen molar-refractivity contribution in [2.45, 2.75) is 12.7 Å². The van der Waals surface area contributed by atoms with E-state index in [1.54, 1.807) is 0 Å². The van der Waals surface area contributed by atoms with Gasteiger partial charge in [-0.1, -0.05) is 0 Å². The molecule has 0 bridgehead atoms. The molecule has 0 saturated carbocycles. The van der Waals surface area contributed by atoms with E-state index in [1.165, 1.54) is 14.2 Å². The van der Waals surface area contributed by atoms with E-state index in [0.29, 0.717) is 6.42 Å². The number of fused-ring (bicyclic) bond motifs is 1. The third-order valence-electron chi connectivity index (χ3n) is 2.91. The summed E-state index contributed by atoms with van der Waals surface area (Å²) in [7, 11) is 3.01. The molecule has 1 unspecified atom stereocenters. The molecule has 1 aromatic carbocycles. The standard InChI is InChI=1S/C12H14F2O3/c1-15-12(16-2)7-5-8-9(13)3-4-10(14)11(8)17-6-7/h3-4,7,12H,5-6H2,1-2H3. The maximum absolute atomic E-state index is 13.6. The molecule has 1 heterocycles. The van der Waals surface area contributed by atoms with E-state index in [1.807, 2.05) is 0 Å². The normalized spacial score (nSPS) is 19.0. The van der Waals surface area contributed by atoms with Crippen molar-refractivity contribution in [1.82, 2.24) is 0 Å². The first kappa shape index (κ1) is 12.3. The number of rotatable bonds is 3.